The Hall–Kier alpha value is -2.74. The van der Waals surface area contributed by atoms with Gasteiger partial charge in [0.1, 0.15) is 12.1 Å². The van der Waals surface area contributed by atoms with E-state index in [0.717, 1.165) is 5.39 Å². The summed E-state index contributed by atoms with van der Waals surface area (Å²) in [5.74, 6) is 4.12. The number of hydrogen-bond donors (Lipinski definition) is 2. The fourth-order valence-electron chi connectivity index (χ4n) is 1.61. The van der Waals surface area contributed by atoms with Crippen LogP contribution in [0.2, 0.25) is 0 Å². The summed E-state index contributed by atoms with van der Waals surface area (Å²) in [4.78, 5) is 24.5. The minimum Gasteiger partial charge on any atom is -0.477 e. The maximum Gasteiger partial charge on any atom is 0.352 e. The van der Waals surface area contributed by atoms with Crippen LogP contribution in [0.5, 0.6) is 0 Å². The molecular formula is C14H11NO4. The molecule has 5 heteroatoms. The van der Waals surface area contributed by atoms with Crippen LogP contribution in [0.15, 0.2) is 24.3 Å². The number of carboxylic acids is 1. The van der Waals surface area contributed by atoms with Gasteiger partial charge in [0.05, 0.1) is 7.11 Å². The summed E-state index contributed by atoms with van der Waals surface area (Å²) in [6.07, 6.45) is 0.0274. The number of hydrogen-bond acceptors (Lipinski definition) is 3. The Kier molecular flexibility index (Phi) is 3.53. The Bertz CT molecular complexity index is 703. The monoisotopic (exact) mass is 257 g/mol. The SMILES string of the molecule is COC(=O)CC#Cc1ccc2cc(C(=O)O)[nH]c2c1. The van der Waals surface area contributed by atoms with Crippen LogP contribution in [0.1, 0.15) is 22.5 Å². The van der Waals surface area contributed by atoms with Gasteiger partial charge in [0.15, 0.2) is 0 Å². The van der Waals surface area contributed by atoms with Gasteiger partial charge in [0.2, 0.25) is 0 Å². The predicted molar refractivity (Wildman–Crippen MR) is 68.8 cm³/mol. The molecule has 0 fully saturated rings. The molecule has 1 aromatic heterocycles. The van der Waals surface area contributed by atoms with E-state index in [1.54, 1.807) is 24.3 Å². The summed E-state index contributed by atoms with van der Waals surface area (Å²) < 4.78 is 4.48. The average molecular weight is 257 g/mol. The molecule has 0 aliphatic heterocycles. The van der Waals surface area contributed by atoms with E-state index in [2.05, 4.69) is 21.6 Å². The number of carboxylic acid groups (broad SMARTS) is 1. The molecular weight excluding hydrogens is 246 g/mol. The number of benzene rings is 1. The fourth-order valence-corrected chi connectivity index (χ4v) is 1.61. The topological polar surface area (TPSA) is 79.4 Å². The lowest BCUT2D eigenvalue weighted by Gasteiger charge is -1.92. The normalized spacial score (nSPS) is 9.74. The summed E-state index contributed by atoms with van der Waals surface area (Å²) in [5, 5.41) is 9.68. The van der Waals surface area contributed by atoms with Gasteiger partial charge in [-0.3, -0.25) is 4.79 Å². The maximum absolute atomic E-state index is 10.9. The van der Waals surface area contributed by atoms with Gasteiger partial charge >= 0.3 is 11.9 Å². The van der Waals surface area contributed by atoms with Gasteiger partial charge in [0, 0.05) is 16.5 Å². The molecule has 2 aromatic rings. The van der Waals surface area contributed by atoms with Crippen LogP contribution in [0.3, 0.4) is 0 Å². The van der Waals surface area contributed by atoms with Crippen molar-refractivity contribution in [3.05, 3.63) is 35.5 Å². The summed E-state index contributed by atoms with van der Waals surface area (Å²) in [5.41, 5.74) is 1.53. The van der Waals surface area contributed by atoms with Gasteiger partial charge < -0.3 is 14.8 Å². The van der Waals surface area contributed by atoms with E-state index in [9.17, 15) is 9.59 Å². The van der Waals surface area contributed by atoms with Crippen LogP contribution >= 0.6 is 0 Å². The third-order valence-electron chi connectivity index (χ3n) is 2.55. The Morgan fingerprint density at radius 1 is 1.37 bits per heavy atom. The molecule has 1 heterocycles. The summed E-state index contributed by atoms with van der Waals surface area (Å²) in [6, 6.07) is 6.85. The van der Waals surface area contributed by atoms with E-state index in [0.29, 0.717) is 11.1 Å². The number of methoxy groups -OCH3 is 1. The lowest BCUT2D eigenvalue weighted by Crippen LogP contribution is -1.96. The first-order chi connectivity index (χ1) is 9.10. The van der Waals surface area contributed by atoms with Crippen LogP contribution in [-0.2, 0) is 9.53 Å². The number of H-pyrrole nitrogens is 1. The number of ether oxygens (including phenoxy) is 1. The predicted octanol–water partition coefficient (Wildman–Crippen LogP) is 1.78. The number of esters is 1. The van der Waals surface area contributed by atoms with Crippen LogP contribution in [0, 0.1) is 11.8 Å². The Morgan fingerprint density at radius 3 is 2.84 bits per heavy atom. The van der Waals surface area contributed by atoms with Gasteiger partial charge in [-0.15, -0.1) is 0 Å². The Morgan fingerprint density at radius 2 is 2.16 bits per heavy atom. The van der Waals surface area contributed by atoms with Crippen molar-refractivity contribution in [3.8, 4) is 11.8 Å². The molecule has 0 saturated heterocycles. The Balaban J connectivity index is 2.26. The number of carbonyl (C=O) groups is 2. The third kappa shape index (κ3) is 2.93. The zero-order chi connectivity index (χ0) is 13.8. The number of fused-ring (bicyclic) bond motifs is 1. The summed E-state index contributed by atoms with van der Waals surface area (Å²) in [7, 11) is 1.31. The second-order valence-electron chi connectivity index (χ2n) is 3.84. The van der Waals surface area contributed by atoms with Crippen LogP contribution in [-0.4, -0.2) is 29.1 Å². The highest BCUT2D eigenvalue weighted by Gasteiger charge is 2.06. The van der Waals surface area contributed by atoms with E-state index in [-0.39, 0.29) is 18.1 Å². The van der Waals surface area contributed by atoms with Gasteiger partial charge in [-0.25, -0.2) is 4.79 Å². The molecule has 5 nitrogen and oxygen atoms in total. The third-order valence-corrected chi connectivity index (χ3v) is 2.55. The van der Waals surface area contributed by atoms with Crippen molar-refractivity contribution in [1.82, 2.24) is 4.98 Å². The van der Waals surface area contributed by atoms with Crippen molar-refractivity contribution >= 4 is 22.8 Å². The van der Waals surface area contributed by atoms with E-state index in [4.69, 9.17) is 5.11 Å². The molecule has 0 radical (unpaired) electrons. The number of aromatic nitrogens is 1. The first kappa shape index (κ1) is 12.7. The number of rotatable bonds is 2. The van der Waals surface area contributed by atoms with Crippen molar-refractivity contribution < 1.29 is 19.4 Å². The number of carbonyl (C=O) groups excluding carboxylic acids is 1. The smallest absolute Gasteiger partial charge is 0.352 e. The second-order valence-corrected chi connectivity index (χ2v) is 3.84. The largest absolute Gasteiger partial charge is 0.477 e. The van der Waals surface area contributed by atoms with Crippen LogP contribution in [0.25, 0.3) is 10.9 Å². The zero-order valence-corrected chi connectivity index (χ0v) is 10.2. The van der Waals surface area contributed by atoms with E-state index in [1.807, 2.05) is 0 Å². The van der Waals surface area contributed by atoms with E-state index in [1.165, 1.54) is 7.11 Å². The molecule has 96 valence electrons. The lowest BCUT2D eigenvalue weighted by atomic mass is 10.1. The molecule has 0 saturated carbocycles. The molecule has 0 aliphatic carbocycles. The zero-order valence-electron chi connectivity index (χ0n) is 10.2. The quantitative estimate of drug-likeness (QED) is 0.635. The molecule has 0 spiro atoms. The summed E-state index contributed by atoms with van der Waals surface area (Å²) in [6.45, 7) is 0. The molecule has 1 aromatic carbocycles. The standard InChI is InChI=1S/C14H11NO4/c1-19-13(16)4-2-3-9-5-6-10-8-12(14(17)18)15-11(10)7-9/h5-8,15H,4H2,1H3,(H,17,18). The van der Waals surface area contributed by atoms with Crippen molar-refractivity contribution in [2.45, 2.75) is 6.42 Å². The molecule has 2 rings (SSSR count). The highest BCUT2D eigenvalue weighted by Crippen LogP contribution is 2.16. The van der Waals surface area contributed by atoms with Crippen molar-refractivity contribution in [2.75, 3.05) is 7.11 Å². The first-order valence-corrected chi connectivity index (χ1v) is 5.52. The molecule has 0 amide bonds. The number of nitrogens with one attached hydrogen (secondary N) is 1. The molecule has 2 N–H and O–H groups in total. The lowest BCUT2D eigenvalue weighted by molar-refractivity contribution is -0.139. The average Bonchev–Trinajstić information content (AvgIpc) is 2.81. The van der Waals surface area contributed by atoms with Gasteiger partial charge in [-0.2, -0.15) is 0 Å². The maximum atomic E-state index is 10.9. The van der Waals surface area contributed by atoms with Gasteiger partial charge in [-0.1, -0.05) is 17.9 Å². The van der Waals surface area contributed by atoms with E-state index < -0.39 is 5.97 Å². The number of aromatic amines is 1. The minimum absolute atomic E-state index is 0.0274. The molecule has 19 heavy (non-hydrogen) atoms. The van der Waals surface area contributed by atoms with Gasteiger partial charge in [0.25, 0.3) is 0 Å². The molecule has 0 atom stereocenters. The Labute approximate surface area is 109 Å². The molecule has 0 bridgehead atoms. The minimum atomic E-state index is -1.01. The number of aromatic carboxylic acids is 1. The molecule has 0 aliphatic rings. The summed E-state index contributed by atoms with van der Waals surface area (Å²) >= 11 is 0. The fraction of sp³-hybridized carbons (Fsp3) is 0.143. The van der Waals surface area contributed by atoms with Crippen molar-refractivity contribution in [2.24, 2.45) is 0 Å². The van der Waals surface area contributed by atoms with Gasteiger partial charge in [-0.05, 0) is 18.2 Å². The second kappa shape index (κ2) is 5.27. The van der Waals surface area contributed by atoms with Crippen molar-refractivity contribution in [3.63, 3.8) is 0 Å². The highest BCUT2D eigenvalue weighted by atomic mass is 16.5. The van der Waals surface area contributed by atoms with E-state index >= 15 is 0 Å². The van der Waals surface area contributed by atoms with Crippen LogP contribution in [0.4, 0.5) is 0 Å². The molecule has 0 unspecified atom stereocenters. The first-order valence-electron chi connectivity index (χ1n) is 5.52. The van der Waals surface area contributed by atoms with Crippen molar-refractivity contribution in [1.29, 1.82) is 0 Å². The highest BCUT2D eigenvalue weighted by molar-refractivity contribution is 5.94. The van der Waals surface area contributed by atoms with Crippen LogP contribution < -0.4 is 0 Å².